The lowest BCUT2D eigenvalue weighted by Crippen LogP contribution is -2.35. The molecule has 1 aliphatic carbocycles. The molecule has 0 saturated heterocycles. The molecule has 1 saturated carbocycles. The van der Waals surface area contributed by atoms with Crippen LogP contribution in [0.5, 0.6) is 0 Å². The van der Waals surface area contributed by atoms with Crippen LogP contribution in [0.15, 0.2) is 60.7 Å². The largest absolute Gasteiger partial charge is 0.376 e. The van der Waals surface area contributed by atoms with E-state index < -0.39 is 0 Å². The minimum atomic E-state index is -0.0948. The monoisotopic (exact) mass is 340 g/mol. The van der Waals surface area contributed by atoms with E-state index in [-0.39, 0.29) is 17.5 Å². The highest BCUT2D eigenvalue weighted by atomic mass is 16.5. The first-order valence-corrected chi connectivity index (χ1v) is 8.91. The fourth-order valence-electron chi connectivity index (χ4n) is 3.58. The fraction of sp³-hybridized carbons (Fsp3) is 0.429. The standard InChI is InChI=1S/C21H28N2O2/c22-19-11-21(12-20(19)23,15-24-13-17-7-3-1-4-8-17)16-25-14-18-9-5-2-6-10-18/h1-10,19-20H,11-16,22-23H2/t19-,20-/m1/s1. The van der Waals surface area contributed by atoms with Crippen LogP contribution in [0.25, 0.3) is 0 Å². The number of nitrogens with two attached hydrogens (primary N) is 2. The number of hydrogen-bond donors (Lipinski definition) is 2. The SMILES string of the molecule is N[C@@H]1CC(COCc2ccccc2)(COCc2ccccc2)C[C@H]1N. The Bertz CT molecular complexity index is 575. The summed E-state index contributed by atoms with van der Waals surface area (Å²) in [5.41, 5.74) is 14.6. The highest BCUT2D eigenvalue weighted by Gasteiger charge is 2.43. The topological polar surface area (TPSA) is 70.5 Å². The van der Waals surface area contributed by atoms with Crippen molar-refractivity contribution in [2.24, 2.45) is 16.9 Å². The highest BCUT2D eigenvalue weighted by molar-refractivity contribution is 5.14. The summed E-state index contributed by atoms with van der Waals surface area (Å²) in [5, 5.41) is 0. The molecule has 0 bridgehead atoms. The van der Waals surface area contributed by atoms with Crippen LogP contribution in [0.3, 0.4) is 0 Å². The molecule has 3 rings (SSSR count). The van der Waals surface area contributed by atoms with Gasteiger partial charge < -0.3 is 20.9 Å². The maximum absolute atomic E-state index is 6.18. The van der Waals surface area contributed by atoms with Gasteiger partial charge in [0.1, 0.15) is 0 Å². The molecular formula is C21H28N2O2. The molecule has 2 aromatic carbocycles. The van der Waals surface area contributed by atoms with E-state index >= 15 is 0 Å². The van der Waals surface area contributed by atoms with Crippen LogP contribution in [0.2, 0.25) is 0 Å². The first-order valence-electron chi connectivity index (χ1n) is 8.91. The van der Waals surface area contributed by atoms with Crippen LogP contribution >= 0.6 is 0 Å². The molecule has 0 aliphatic heterocycles. The van der Waals surface area contributed by atoms with Crippen molar-refractivity contribution in [3.63, 3.8) is 0 Å². The molecule has 0 unspecified atom stereocenters. The van der Waals surface area contributed by atoms with Gasteiger partial charge in [0.05, 0.1) is 26.4 Å². The Kier molecular flexibility index (Phi) is 6.21. The van der Waals surface area contributed by atoms with Gasteiger partial charge >= 0.3 is 0 Å². The maximum Gasteiger partial charge on any atom is 0.0717 e. The normalized spacial score (nSPS) is 22.2. The zero-order chi connectivity index (χ0) is 17.5. The van der Waals surface area contributed by atoms with Crippen LogP contribution < -0.4 is 11.5 Å². The zero-order valence-electron chi connectivity index (χ0n) is 14.6. The van der Waals surface area contributed by atoms with Crippen LogP contribution in [0.1, 0.15) is 24.0 Å². The number of hydrogen-bond acceptors (Lipinski definition) is 4. The lowest BCUT2D eigenvalue weighted by molar-refractivity contribution is -0.0308. The molecule has 2 atom stereocenters. The average molecular weight is 340 g/mol. The Morgan fingerprint density at radius 2 is 1.12 bits per heavy atom. The Labute approximate surface area is 150 Å². The smallest absolute Gasteiger partial charge is 0.0717 e. The first-order chi connectivity index (χ1) is 12.2. The van der Waals surface area contributed by atoms with Crippen molar-refractivity contribution < 1.29 is 9.47 Å². The minimum absolute atomic E-state index is 0.0145. The molecule has 4 heteroatoms. The van der Waals surface area contributed by atoms with Crippen LogP contribution in [0, 0.1) is 5.41 Å². The maximum atomic E-state index is 6.18. The van der Waals surface area contributed by atoms with Gasteiger partial charge in [0.2, 0.25) is 0 Å². The van der Waals surface area contributed by atoms with E-state index in [4.69, 9.17) is 20.9 Å². The Hall–Kier alpha value is -1.72. The zero-order valence-corrected chi connectivity index (χ0v) is 14.6. The molecule has 0 amide bonds. The highest BCUT2D eigenvalue weighted by Crippen LogP contribution is 2.38. The summed E-state index contributed by atoms with van der Waals surface area (Å²) in [5.74, 6) is 0. The lowest BCUT2D eigenvalue weighted by atomic mass is 9.87. The predicted molar refractivity (Wildman–Crippen MR) is 99.8 cm³/mol. The summed E-state index contributed by atoms with van der Waals surface area (Å²) in [6.45, 7) is 2.45. The minimum Gasteiger partial charge on any atom is -0.376 e. The van der Waals surface area contributed by atoms with Crippen molar-refractivity contribution in [1.29, 1.82) is 0 Å². The van der Waals surface area contributed by atoms with E-state index in [0.29, 0.717) is 26.4 Å². The van der Waals surface area contributed by atoms with Crippen LogP contribution in [0.4, 0.5) is 0 Å². The van der Waals surface area contributed by atoms with Gasteiger partial charge in [0, 0.05) is 17.5 Å². The van der Waals surface area contributed by atoms with Gasteiger partial charge in [-0.3, -0.25) is 0 Å². The summed E-state index contributed by atoms with van der Waals surface area (Å²) in [6, 6.07) is 20.5. The van der Waals surface area contributed by atoms with Crippen molar-refractivity contribution in [2.45, 2.75) is 38.1 Å². The average Bonchev–Trinajstić information content (AvgIpc) is 2.91. The number of benzene rings is 2. The quantitative estimate of drug-likeness (QED) is 0.775. The molecule has 0 aromatic heterocycles. The van der Waals surface area contributed by atoms with Crippen molar-refractivity contribution >= 4 is 0 Å². The van der Waals surface area contributed by atoms with Gasteiger partial charge in [0.25, 0.3) is 0 Å². The lowest BCUT2D eigenvalue weighted by Gasteiger charge is -2.29. The second-order valence-corrected chi connectivity index (χ2v) is 7.19. The van der Waals surface area contributed by atoms with E-state index in [0.717, 1.165) is 12.8 Å². The van der Waals surface area contributed by atoms with Crippen molar-refractivity contribution in [3.8, 4) is 0 Å². The third kappa shape index (κ3) is 5.13. The summed E-state index contributed by atoms with van der Waals surface area (Å²) in [7, 11) is 0. The van der Waals surface area contributed by atoms with Gasteiger partial charge in [-0.05, 0) is 24.0 Å². The third-order valence-electron chi connectivity index (χ3n) is 4.93. The fourth-order valence-corrected chi connectivity index (χ4v) is 3.58. The molecule has 2 aromatic rings. The van der Waals surface area contributed by atoms with E-state index in [1.54, 1.807) is 0 Å². The van der Waals surface area contributed by atoms with Crippen molar-refractivity contribution in [1.82, 2.24) is 0 Å². The summed E-state index contributed by atoms with van der Waals surface area (Å²) >= 11 is 0. The molecule has 134 valence electrons. The van der Waals surface area contributed by atoms with E-state index in [1.807, 2.05) is 36.4 Å². The Balaban J connectivity index is 1.54. The summed E-state index contributed by atoms with van der Waals surface area (Å²) in [6.07, 6.45) is 1.69. The van der Waals surface area contributed by atoms with Gasteiger partial charge in [-0.1, -0.05) is 60.7 Å². The first kappa shape index (κ1) is 18.1. The molecule has 25 heavy (non-hydrogen) atoms. The molecule has 4 nitrogen and oxygen atoms in total. The van der Waals surface area contributed by atoms with Gasteiger partial charge in [-0.15, -0.1) is 0 Å². The summed E-state index contributed by atoms with van der Waals surface area (Å²) in [4.78, 5) is 0. The van der Waals surface area contributed by atoms with E-state index in [2.05, 4.69) is 24.3 Å². The van der Waals surface area contributed by atoms with Gasteiger partial charge in [-0.2, -0.15) is 0 Å². The van der Waals surface area contributed by atoms with E-state index in [1.165, 1.54) is 11.1 Å². The molecule has 0 radical (unpaired) electrons. The van der Waals surface area contributed by atoms with Crippen molar-refractivity contribution in [3.05, 3.63) is 71.8 Å². The number of ether oxygens (including phenoxy) is 2. The van der Waals surface area contributed by atoms with Crippen molar-refractivity contribution in [2.75, 3.05) is 13.2 Å². The van der Waals surface area contributed by atoms with Crippen LogP contribution in [-0.4, -0.2) is 25.3 Å². The van der Waals surface area contributed by atoms with Crippen LogP contribution in [-0.2, 0) is 22.7 Å². The Morgan fingerprint density at radius 3 is 1.52 bits per heavy atom. The molecule has 0 heterocycles. The van der Waals surface area contributed by atoms with Gasteiger partial charge in [-0.25, -0.2) is 0 Å². The molecule has 0 spiro atoms. The molecule has 1 fully saturated rings. The second kappa shape index (κ2) is 8.59. The molecule has 1 aliphatic rings. The van der Waals surface area contributed by atoms with Gasteiger partial charge in [0.15, 0.2) is 0 Å². The summed E-state index contributed by atoms with van der Waals surface area (Å²) < 4.78 is 12.0. The Morgan fingerprint density at radius 1 is 0.720 bits per heavy atom. The molecular weight excluding hydrogens is 312 g/mol. The predicted octanol–water partition coefficient (Wildman–Crippen LogP) is 2.85. The third-order valence-corrected chi connectivity index (χ3v) is 4.93. The second-order valence-electron chi connectivity index (χ2n) is 7.19. The molecule has 4 N–H and O–H groups in total. The van der Waals surface area contributed by atoms with E-state index in [9.17, 15) is 0 Å². The number of rotatable bonds is 8.